The summed E-state index contributed by atoms with van der Waals surface area (Å²) in [6.45, 7) is 22.2. The number of carbonyl (C=O) groups excluding carboxylic acids is 2. The van der Waals surface area contributed by atoms with E-state index in [1.807, 2.05) is 19.1 Å². The van der Waals surface area contributed by atoms with Crippen LogP contribution in [0.15, 0.2) is 78.9 Å². The third-order valence-electron chi connectivity index (χ3n) is 10.5. The third-order valence-corrected chi connectivity index (χ3v) is 13.0. The summed E-state index contributed by atoms with van der Waals surface area (Å²) in [7, 11) is 1.59. The molecule has 0 bridgehead atoms. The van der Waals surface area contributed by atoms with Gasteiger partial charge < -0.3 is 24.8 Å². The molecule has 0 N–H and O–H groups in total. The fraction of sp³-hybridized carbons (Fsp3) is 0.413. The quantitative estimate of drug-likeness (QED) is 0.167. The second kappa shape index (κ2) is 19.2. The zero-order valence-corrected chi connectivity index (χ0v) is 37.5. The van der Waals surface area contributed by atoms with E-state index < -0.39 is 22.8 Å². The molecule has 6 rings (SSSR count). The van der Waals surface area contributed by atoms with Gasteiger partial charge in [-0.2, -0.15) is 0 Å². The Morgan fingerprint density at radius 2 is 1.21 bits per heavy atom. The number of hydrogen-bond acceptors (Lipinski definition) is 6. The predicted molar refractivity (Wildman–Crippen MR) is 219 cm³/mol. The van der Waals surface area contributed by atoms with Crippen molar-refractivity contribution in [1.82, 2.24) is 0 Å². The molecule has 56 heavy (non-hydrogen) atoms. The normalized spacial score (nSPS) is 15.8. The van der Waals surface area contributed by atoms with Gasteiger partial charge in [-0.1, -0.05) is 0 Å². The van der Waals surface area contributed by atoms with E-state index in [9.17, 15) is 9.59 Å². The van der Waals surface area contributed by atoms with Crippen LogP contribution >= 0.6 is 0 Å². The Morgan fingerprint density at radius 1 is 0.750 bits per heavy atom. The Labute approximate surface area is 354 Å². The van der Waals surface area contributed by atoms with Crippen molar-refractivity contribution in [3.63, 3.8) is 0 Å². The largest absolute Gasteiger partial charge is 1.00 e. The zero-order valence-electron chi connectivity index (χ0n) is 34.3. The number of hydrogen-bond donors (Lipinski definition) is 0. The number of ether oxygens (including phenoxy) is 2. The Morgan fingerprint density at radius 3 is 1.64 bits per heavy atom. The molecule has 0 radical (unpaired) electrons. The topological polar surface area (TPSA) is 62.3 Å². The first-order chi connectivity index (χ1) is 25.9. The molecule has 2 aliphatic rings. The smallest absolute Gasteiger partial charge is 1.00 e. The monoisotopic (exact) mass is 886 g/mol. The standard InChI is InChI=1S/C27H39N2.C19H17NO4.2ClH.Ru/c1-18(2)22-11-9-12-23(19(3)4)26(22)28-15-16-29(17-28)27-24(20(5)6)13-10-14-25(27)21(7)8;1-4-16-19(22)20(15-7-5-6-12(2)17(15)24-16)18(21)13-8-10-14(23-3)11-9-13;;;/h9-14,17-21H,15-16H2,1-8H3;2,5-11,16H,4H2,1,3H3;2*1H;/q;;;;+2/p-2. The minimum Gasteiger partial charge on any atom is -1.00 e. The minimum absolute atomic E-state index is 0. The first kappa shape index (κ1) is 45.0. The fourth-order valence-corrected chi connectivity index (χ4v) is 10.2. The van der Waals surface area contributed by atoms with Crippen LogP contribution < -0.4 is 49.0 Å². The Bertz CT molecular complexity index is 1910. The average molecular weight is 887 g/mol. The van der Waals surface area contributed by atoms with Crippen molar-refractivity contribution in [1.29, 1.82) is 0 Å². The fourth-order valence-electron chi connectivity index (χ4n) is 7.66. The number of nitrogens with zero attached hydrogens (tertiary/aromatic N) is 3. The van der Waals surface area contributed by atoms with Crippen LogP contribution in [0.2, 0.25) is 0 Å². The maximum absolute atomic E-state index is 14.1. The Kier molecular flexibility index (Phi) is 15.4. The van der Waals surface area contributed by atoms with Crippen molar-refractivity contribution in [2.24, 2.45) is 0 Å². The molecule has 1 saturated heterocycles. The molecule has 1 fully saturated rings. The summed E-state index contributed by atoms with van der Waals surface area (Å²) < 4.78 is 14.3. The average Bonchev–Trinajstić information content (AvgIpc) is 3.58. The van der Waals surface area contributed by atoms with E-state index in [4.69, 9.17) is 9.47 Å². The number of para-hydroxylation sites is 3. The van der Waals surface area contributed by atoms with E-state index in [0.717, 1.165) is 18.7 Å². The summed E-state index contributed by atoms with van der Waals surface area (Å²) in [4.78, 5) is 34.6. The number of amides is 2. The number of rotatable bonds is 11. The minimum atomic E-state index is -0.762. The van der Waals surface area contributed by atoms with Gasteiger partial charge in [0.1, 0.15) is 0 Å². The van der Waals surface area contributed by atoms with Crippen LogP contribution in [0, 0.1) is 0 Å². The first-order valence-electron chi connectivity index (χ1n) is 19.4. The van der Waals surface area contributed by atoms with E-state index in [1.165, 1.54) is 38.5 Å². The molecule has 10 heteroatoms. The van der Waals surface area contributed by atoms with Crippen molar-refractivity contribution < 1.29 is 60.6 Å². The molecule has 301 valence electrons. The molecule has 0 aliphatic carbocycles. The van der Waals surface area contributed by atoms with E-state index in [0.29, 0.717) is 52.8 Å². The van der Waals surface area contributed by atoms with Gasteiger partial charge in [-0.25, -0.2) is 0 Å². The summed E-state index contributed by atoms with van der Waals surface area (Å²) in [5.74, 6) is 2.00. The van der Waals surface area contributed by atoms with Crippen LogP contribution in [0.5, 0.6) is 11.5 Å². The summed E-state index contributed by atoms with van der Waals surface area (Å²) in [5, 5.41) is 0. The maximum Gasteiger partial charge on any atom is -1.00 e. The second-order valence-electron chi connectivity index (χ2n) is 15.5. The van der Waals surface area contributed by atoms with Crippen LogP contribution in [0.3, 0.4) is 0 Å². The van der Waals surface area contributed by atoms with Crippen LogP contribution in [-0.2, 0) is 21.5 Å². The molecule has 0 spiro atoms. The Balaban J connectivity index is 0.00000348. The SMILES string of the molecule is CCC1Oc2c(/[CH]=[Ru+2]/[CH]3N(c4c(C(C)C)cccc4C(C)C)CCN3c3c(C(C)C)cccc3C(C)C)cccc2N(C(=O)c2ccc(OC)cc2)C1=O.[Cl-].[Cl-]. The van der Waals surface area contributed by atoms with Crippen molar-refractivity contribution in [3.05, 3.63) is 112 Å². The van der Waals surface area contributed by atoms with Crippen molar-refractivity contribution in [2.75, 3.05) is 34.9 Å². The maximum atomic E-state index is 14.1. The molecule has 4 aromatic carbocycles. The van der Waals surface area contributed by atoms with Gasteiger partial charge in [-0.15, -0.1) is 0 Å². The Hall–Kier alpha value is -3.71. The summed E-state index contributed by atoms with van der Waals surface area (Å²) in [6.07, 6.45) is -0.313. The van der Waals surface area contributed by atoms with E-state index in [-0.39, 0.29) is 41.4 Å². The summed E-state index contributed by atoms with van der Waals surface area (Å²) in [5.41, 5.74) is 10.1. The number of fused-ring (bicyclic) bond motifs is 1. The van der Waals surface area contributed by atoms with Gasteiger partial charge in [-0.05, 0) is 0 Å². The number of benzene rings is 4. The molecule has 4 aromatic rings. The van der Waals surface area contributed by atoms with Gasteiger partial charge in [0.2, 0.25) is 0 Å². The van der Waals surface area contributed by atoms with Gasteiger partial charge in [-0.3, -0.25) is 0 Å². The van der Waals surface area contributed by atoms with Gasteiger partial charge in [0.05, 0.1) is 0 Å². The number of imide groups is 1. The number of methoxy groups -OCH3 is 1. The van der Waals surface area contributed by atoms with Crippen LogP contribution in [-0.4, -0.2) is 47.5 Å². The van der Waals surface area contributed by atoms with Crippen molar-refractivity contribution in [2.45, 2.75) is 103 Å². The third kappa shape index (κ3) is 8.73. The van der Waals surface area contributed by atoms with Gasteiger partial charge in [0, 0.05) is 0 Å². The van der Waals surface area contributed by atoms with E-state index in [2.05, 4.69) is 112 Å². The van der Waals surface area contributed by atoms with E-state index >= 15 is 0 Å². The number of carbonyl (C=O) groups is 2. The molecular formula is C46H56Cl2N3O4Ru. The van der Waals surface area contributed by atoms with Crippen LogP contribution in [0.25, 0.3) is 0 Å². The molecule has 0 aromatic heterocycles. The summed E-state index contributed by atoms with van der Waals surface area (Å²) >= 11 is -0.448. The zero-order chi connectivity index (χ0) is 38.8. The van der Waals surface area contributed by atoms with Crippen LogP contribution in [0.4, 0.5) is 17.1 Å². The molecule has 2 aliphatic heterocycles. The molecular weight excluding hydrogens is 830 g/mol. The van der Waals surface area contributed by atoms with Gasteiger partial charge in [0.25, 0.3) is 0 Å². The van der Waals surface area contributed by atoms with Crippen molar-refractivity contribution >= 4 is 33.5 Å². The number of anilines is 3. The van der Waals surface area contributed by atoms with Gasteiger partial charge >= 0.3 is 331 Å². The molecule has 2 heterocycles. The number of halogens is 2. The van der Waals surface area contributed by atoms with Crippen molar-refractivity contribution in [3.8, 4) is 11.5 Å². The second-order valence-corrected chi connectivity index (χ2v) is 17.5. The van der Waals surface area contributed by atoms with Gasteiger partial charge in [0.15, 0.2) is 0 Å². The van der Waals surface area contributed by atoms with E-state index in [1.54, 1.807) is 31.4 Å². The molecule has 7 nitrogen and oxygen atoms in total. The molecule has 1 unspecified atom stereocenters. The molecule has 0 saturated carbocycles. The summed E-state index contributed by atoms with van der Waals surface area (Å²) in [6, 6.07) is 26.4. The molecule has 1 atom stereocenters. The molecule has 2 amide bonds. The van der Waals surface area contributed by atoms with Crippen LogP contribution in [0.1, 0.15) is 131 Å². The predicted octanol–water partition coefficient (Wildman–Crippen LogP) is 4.08. The first-order valence-corrected chi connectivity index (χ1v) is 21.4.